The largest absolute Gasteiger partial charge is 0.481 e. The highest BCUT2D eigenvalue weighted by molar-refractivity contribution is 7.99. The smallest absolute Gasteiger partial charge is 0.265 e. The van der Waals surface area contributed by atoms with Crippen LogP contribution in [0.15, 0.2) is 76.5 Å². The number of nitrogens with one attached hydrogen (secondary N) is 1. The molecule has 3 aromatic carbocycles. The monoisotopic (exact) mass is 411 g/mol. The molecule has 0 saturated heterocycles. The van der Waals surface area contributed by atoms with Crippen molar-refractivity contribution in [3.05, 3.63) is 82.9 Å². The average Bonchev–Trinajstić information content (AvgIpc) is 2.68. The van der Waals surface area contributed by atoms with E-state index in [-0.39, 0.29) is 5.91 Å². The lowest BCUT2D eigenvalue weighted by molar-refractivity contribution is -0.122. The summed E-state index contributed by atoms with van der Waals surface area (Å²) >= 11 is 7.81. The van der Waals surface area contributed by atoms with Gasteiger partial charge in [0.25, 0.3) is 5.91 Å². The van der Waals surface area contributed by atoms with E-state index in [1.807, 2.05) is 80.6 Å². The fourth-order valence-corrected chi connectivity index (χ4v) is 3.77. The topological polar surface area (TPSA) is 38.3 Å². The first kappa shape index (κ1) is 20.3. The number of hydrogen-bond acceptors (Lipinski definition) is 3. The van der Waals surface area contributed by atoms with Crippen LogP contribution in [0, 0.1) is 13.8 Å². The molecule has 3 aromatic rings. The summed E-state index contributed by atoms with van der Waals surface area (Å²) in [6.07, 6.45) is -0.644. The number of halogens is 1. The second-order valence-electron chi connectivity index (χ2n) is 6.53. The lowest BCUT2D eigenvalue weighted by atomic mass is 10.1. The zero-order valence-electron chi connectivity index (χ0n) is 16.0. The average molecular weight is 412 g/mol. The third-order valence-electron chi connectivity index (χ3n) is 4.21. The minimum atomic E-state index is -0.644. The molecule has 5 heteroatoms. The molecule has 0 radical (unpaired) electrons. The van der Waals surface area contributed by atoms with Crippen molar-refractivity contribution in [3.63, 3.8) is 0 Å². The highest BCUT2D eigenvalue weighted by Gasteiger charge is 2.17. The van der Waals surface area contributed by atoms with Crippen molar-refractivity contribution < 1.29 is 9.53 Å². The number of hydrogen-bond donors (Lipinski definition) is 1. The fraction of sp³-hybridized carbons (Fsp3) is 0.174. The van der Waals surface area contributed by atoms with Crippen LogP contribution >= 0.6 is 23.4 Å². The maximum atomic E-state index is 12.7. The summed E-state index contributed by atoms with van der Waals surface area (Å²) in [6.45, 7) is 5.58. The first-order chi connectivity index (χ1) is 13.4. The molecule has 3 rings (SSSR count). The lowest BCUT2D eigenvalue weighted by Gasteiger charge is -2.17. The number of amides is 1. The first-order valence-corrected chi connectivity index (χ1v) is 10.2. The Hall–Kier alpha value is -2.43. The van der Waals surface area contributed by atoms with Gasteiger partial charge in [0.1, 0.15) is 5.75 Å². The minimum Gasteiger partial charge on any atom is -0.481 e. The summed E-state index contributed by atoms with van der Waals surface area (Å²) in [4.78, 5) is 14.8. The number of carbonyl (C=O) groups is 1. The second-order valence-corrected chi connectivity index (χ2v) is 8.02. The first-order valence-electron chi connectivity index (χ1n) is 9.00. The van der Waals surface area contributed by atoms with Crippen LogP contribution in [-0.2, 0) is 4.79 Å². The molecule has 28 heavy (non-hydrogen) atoms. The number of benzene rings is 3. The van der Waals surface area contributed by atoms with Gasteiger partial charge in [-0.05, 0) is 68.3 Å². The number of anilines is 1. The van der Waals surface area contributed by atoms with Gasteiger partial charge in [-0.2, -0.15) is 0 Å². The van der Waals surface area contributed by atoms with E-state index < -0.39 is 6.10 Å². The van der Waals surface area contributed by atoms with Crippen molar-refractivity contribution in [2.24, 2.45) is 0 Å². The van der Waals surface area contributed by atoms with Crippen molar-refractivity contribution in [1.82, 2.24) is 0 Å². The van der Waals surface area contributed by atoms with Crippen molar-refractivity contribution in [3.8, 4) is 5.75 Å². The zero-order chi connectivity index (χ0) is 20.1. The molecule has 0 unspecified atom stereocenters. The molecule has 0 aliphatic heterocycles. The predicted octanol–water partition coefficient (Wildman–Crippen LogP) is 6.51. The molecule has 0 aliphatic carbocycles. The van der Waals surface area contributed by atoms with E-state index >= 15 is 0 Å². The Bertz CT molecular complexity index is 952. The van der Waals surface area contributed by atoms with E-state index in [1.54, 1.807) is 18.7 Å². The molecule has 0 heterocycles. The molecule has 0 aliphatic rings. The summed E-state index contributed by atoms with van der Waals surface area (Å²) in [6, 6.07) is 21.5. The molecule has 0 spiro atoms. The Morgan fingerprint density at radius 2 is 1.61 bits per heavy atom. The van der Waals surface area contributed by atoms with Gasteiger partial charge in [0.2, 0.25) is 0 Å². The molecule has 1 atom stereocenters. The van der Waals surface area contributed by atoms with E-state index in [1.165, 1.54) is 0 Å². The molecular formula is C23H22ClNO2S. The standard InChI is InChI=1S/C23H22ClNO2S/c1-15-13-18(14-16(2)22(15)24)27-17(3)23(26)25-20-11-7-8-12-21(20)28-19-9-5-4-6-10-19/h4-14,17H,1-3H3,(H,25,26)/t17-/m0/s1. The fourth-order valence-electron chi connectivity index (χ4n) is 2.74. The van der Waals surface area contributed by atoms with Crippen molar-refractivity contribution in [2.75, 3.05) is 5.32 Å². The van der Waals surface area contributed by atoms with E-state index in [2.05, 4.69) is 5.32 Å². The Balaban J connectivity index is 1.71. The number of aryl methyl sites for hydroxylation is 2. The third-order valence-corrected chi connectivity index (χ3v) is 5.89. The summed E-state index contributed by atoms with van der Waals surface area (Å²) in [7, 11) is 0. The van der Waals surface area contributed by atoms with Crippen molar-refractivity contribution in [1.29, 1.82) is 0 Å². The minimum absolute atomic E-state index is 0.202. The Morgan fingerprint density at radius 1 is 1.00 bits per heavy atom. The van der Waals surface area contributed by atoms with Gasteiger partial charge in [0.05, 0.1) is 5.69 Å². The molecular weight excluding hydrogens is 390 g/mol. The molecule has 144 valence electrons. The highest BCUT2D eigenvalue weighted by atomic mass is 35.5. The van der Waals surface area contributed by atoms with Crippen LogP contribution in [-0.4, -0.2) is 12.0 Å². The Morgan fingerprint density at radius 3 is 2.29 bits per heavy atom. The van der Waals surface area contributed by atoms with Gasteiger partial charge in [-0.3, -0.25) is 4.79 Å². The summed E-state index contributed by atoms with van der Waals surface area (Å²) < 4.78 is 5.85. The van der Waals surface area contributed by atoms with Crippen LogP contribution in [0.4, 0.5) is 5.69 Å². The normalized spacial score (nSPS) is 11.7. The van der Waals surface area contributed by atoms with Gasteiger partial charge in [0.15, 0.2) is 6.10 Å². The molecule has 0 fully saturated rings. The van der Waals surface area contributed by atoms with Crippen LogP contribution in [0.3, 0.4) is 0 Å². The van der Waals surface area contributed by atoms with Gasteiger partial charge in [0, 0.05) is 14.8 Å². The molecule has 0 saturated carbocycles. The molecule has 1 N–H and O–H groups in total. The molecule has 0 bridgehead atoms. The van der Waals surface area contributed by atoms with Crippen molar-refractivity contribution in [2.45, 2.75) is 36.7 Å². The lowest BCUT2D eigenvalue weighted by Crippen LogP contribution is -2.30. The predicted molar refractivity (Wildman–Crippen MR) is 117 cm³/mol. The van der Waals surface area contributed by atoms with Gasteiger partial charge in [-0.25, -0.2) is 0 Å². The van der Waals surface area contributed by atoms with E-state index in [0.717, 1.165) is 31.6 Å². The second kappa shape index (κ2) is 9.18. The third kappa shape index (κ3) is 5.09. The number of para-hydroxylation sites is 1. The van der Waals surface area contributed by atoms with Gasteiger partial charge < -0.3 is 10.1 Å². The summed E-state index contributed by atoms with van der Waals surface area (Å²) in [5.74, 6) is 0.431. The molecule has 1 amide bonds. The van der Waals surface area contributed by atoms with Crippen LogP contribution in [0.5, 0.6) is 5.75 Å². The Kier molecular flexibility index (Phi) is 6.65. The highest BCUT2D eigenvalue weighted by Crippen LogP contribution is 2.33. The maximum Gasteiger partial charge on any atom is 0.265 e. The number of carbonyl (C=O) groups excluding carboxylic acids is 1. The summed E-state index contributed by atoms with van der Waals surface area (Å²) in [5, 5.41) is 3.70. The number of rotatable bonds is 6. The van der Waals surface area contributed by atoms with Crippen molar-refractivity contribution >= 4 is 35.0 Å². The quantitative estimate of drug-likeness (QED) is 0.502. The van der Waals surface area contributed by atoms with Crippen LogP contribution < -0.4 is 10.1 Å². The van der Waals surface area contributed by atoms with E-state index in [4.69, 9.17) is 16.3 Å². The van der Waals surface area contributed by atoms with E-state index in [0.29, 0.717) is 5.75 Å². The summed E-state index contributed by atoms with van der Waals surface area (Å²) in [5.41, 5.74) is 2.61. The van der Waals surface area contributed by atoms with Crippen LogP contribution in [0.1, 0.15) is 18.1 Å². The molecule has 0 aromatic heterocycles. The maximum absolute atomic E-state index is 12.7. The van der Waals surface area contributed by atoms with Gasteiger partial charge in [-0.1, -0.05) is 53.7 Å². The zero-order valence-corrected chi connectivity index (χ0v) is 17.6. The SMILES string of the molecule is Cc1cc(O[C@@H](C)C(=O)Nc2ccccc2Sc2ccccc2)cc(C)c1Cl. The van der Waals surface area contributed by atoms with E-state index in [9.17, 15) is 4.79 Å². The van der Waals surface area contributed by atoms with Gasteiger partial charge in [-0.15, -0.1) is 0 Å². The Labute approximate surface area is 175 Å². The molecule has 3 nitrogen and oxygen atoms in total. The number of ether oxygens (including phenoxy) is 1. The van der Waals surface area contributed by atoms with Crippen LogP contribution in [0.2, 0.25) is 5.02 Å². The van der Waals surface area contributed by atoms with Gasteiger partial charge >= 0.3 is 0 Å². The van der Waals surface area contributed by atoms with Crippen LogP contribution in [0.25, 0.3) is 0 Å².